The molecule has 3 rings (SSSR count). The number of anilines is 2. The van der Waals surface area contributed by atoms with E-state index in [2.05, 4.69) is 15.6 Å². The van der Waals surface area contributed by atoms with Crippen molar-refractivity contribution >= 4 is 23.2 Å². The van der Waals surface area contributed by atoms with Crippen molar-refractivity contribution in [3.63, 3.8) is 0 Å². The van der Waals surface area contributed by atoms with Crippen molar-refractivity contribution in [1.29, 1.82) is 0 Å². The van der Waals surface area contributed by atoms with Gasteiger partial charge in [-0.1, -0.05) is 13.8 Å². The van der Waals surface area contributed by atoms with Gasteiger partial charge in [-0.05, 0) is 25.0 Å². The number of ether oxygens (including phenoxy) is 1. The maximum absolute atomic E-state index is 13.2. The molecule has 0 radical (unpaired) electrons. The Hall–Kier alpha value is -3.04. The van der Waals surface area contributed by atoms with Crippen LogP contribution in [0.5, 0.6) is 5.75 Å². The summed E-state index contributed by atoms with van der Waals surface area (Å²) in [6.45, 7) is 5.11. The normalized spacial score (nSPS) is 13.8. The minimum absolute atomic E-state index is 0.0551. The van der Waals surface area contributed by atoms with Crippen molar-refractivity contribution in [2.24, 2.45) is 5.92 Å². The van der Waals surface area contributed by atoms with Crippen LogP contribution in [0, 0.1) is 12.8 Å². The van der Waals surface area contributed by atoms with E-state index in [1.165, 1.54) is 0 Å². The number of rotatable bonds is 4. The lowest BCUT2D eigenvalue weighted by Crippen LogP contribution is -2.27. The monoisotopic (exact) mass is 397 g/mol. The summed E-state index contributed by atoms with van der Waals surface area (Å²) in [4.78, 5) is 28.2. The zero-order chi connectivity index (χ0) is 20.6. The van der Waals surface area contributed by atoms with Crippen LogP contribution in [0.4, 0.5) is 24.5 Å². The molecule has 1 aliphatic rings. The van der Waals surface area contributed by atoms with Gasteiger partial charge in [0.15, 0.2) is 18.2 Å². The van der Waals surface area contributed by atoms with E-state index >= 15 is 0 Å². The summed E-state index contributed by atoms with van der Waals surface area (Å²) in [6.07, 6.45) is -4.16. The van der Waals surface area contributed by atoms with Gasteiger partial charge in [-0.3, -0.25) is 9.59 Å². The molecule has 28 heavy (non-hydrogen) atoms. The third-order valence-electron chi connectivity index (χ3n) is 3.92. The number of hydrogen-bond acceptors (Lipinski definition) is 5. The van der Waals surface area contributed by atoms with E-state index in [0.717, 1.165) is 12.1 Å². The minimum atomic E-state index is -4.68. The Balaban J connectivity index is 1.95. The quantitative estimate of drug-likeness (QED) is 0.819. The molecule has 10 heteroatoms. The summed E-state index contributed by atoms with van der Waals surface area (Å²) in [5.74, 6) is -0.883. The van der Waals surface area contributed by atoms with Crippen LogP contribution >= 0.6 is 0 Å². The maximum Gasteiger partial charge on any atom is 0.416 e. The molecular weight excluding hydrogens is 379 g/mol. The van der Waals surface area contributed by atoms with Gasteiger partial charge in [0.05, 0.1) is 22.6 Å². The lowest BCUT2D eigenvalue weighted by atomic mass is 10.1. The topological polar surface area (TPSA) is 93.5 Å². The first-order valence-electron chi connectivity index (χ1n) is 8.50. The molecule has 1 aromatic carbocycles. The molecule has 2 aromatic rings. The number of carbonyl (C=O) groups is 2. The van der Waals surface area contributed by atoms with Crippen LogP contribution in [0.1, 0.15) is 41.6 Å². The minimum Gasteiger partial charge on any atom is -0.479 e. The van der Waals surface area contributed by atoms with Crippen LogP contribution in [0.3, 0.4) is 0 Å². The number of alkyl halides is 3. The standard InChI is InChI=1S/C18H18F3N3O4/c1-8(2)4-14-22-9(3)15(28-14)17(26)24-12-6-10(18(19,20)21)5-11-16(12)27-7-13(25)23-11/h5-6,8H,4,7H2,1-3H3,(H,23,25)(H,24,26). The molecule has 0 saturated carbocycles. The number of nitrogens with zero attached hydrogens (tertiary/aromatic N) is 1. The molecule has 1 aromatic heterocycles. The summed E-state index contributed by atoms with van der Waals surface area (Å²) in [5.41, 5.74) is -1.11. The molecular formula is C18H18F3N3O4. The predicted octanol–water partition coefficient (Wildman–Crippen LogP) is 3.78. The van der Waals surface area contributed by atoms with Crippen LogP contribution in [-0.4, -0.2) is 23.4 Å². The molecule has 2 heterocycles. The number of fused-ring (bicyclic) bond motifs is 1. The van der Waals surface area contributed by atoms with Gasteiger partial charge in [-0.15, -0.1) is 0 Å². The Morgan fingerprint density at radius 3 is 2.71 bits per heavy atom. The zero-order valence-electron chi connectivity index (χ0n) is 15.4. The highest BCUT2D eigenvalue weighted by atomic mass is 19.4. The molecule has 150 valence electrons. The van der Waals surface area contributed by atoms with Gasteiger partial charge < -0.3 is 19.8 Å². The van der Waals surface area contributed by atoms with Crippen molar-refractivity contribution in [2.45, 2.75) is 33.4 Å². The third-order valence-corrected chi connectivity index (χ3v) is 3.92. The maximum atomic E-state index is 13.2. The first-order valence-corrected chi connectivity index (χ1v) is 8.50. The smallest absolute Gasteiger partial charge is 0.416 e. The number of benzene rings is 1. The number of aryl methyl sites for hydroxylation is 1. The van der Waals surface area contributed by atoms with Gasteiger partial charge in [0.2, 0.25) is 5.76 Å². The molecule has 0 spiro atoms. The number of oxazole rings is 1. The fourth-order valence-electron chi connectivity index (χ4n) is 2.74. The van der Waals surface area contributed by atoms with E-state index in [9.17, 15) is 22.8 Å². The highest BCUT2D eigenvalue weighted by molar-refractivity contribution is 6.06. The summed E-state index contributed by atoms with van der Waals surface area (Å²) in [6, 6.07) is 1.50. The highest BCUT2D eigenvalue weighted by Crippen LogP contribution is 2.42. The Labute approximate surface area is 158 Å². The van der Waals surface area contributed by atoms with E-state index in [-0.39, 0.29) is 35.4 Å². The summed E-state index contributed by atoms with van der Waals surface area (Å²) in [7, 11) is 0. The van der Waals surface area contributed by atoms with Crippen LogP contribution in [0.15, 0.2) is 16.5 Å². The van der Waals surface area contributed by atoms with Crippen molar-refractivity contribution in [3.05, 3.63) is 35.0 Å². The van der Waals surface area contributed by atoms with E-state index < -0.39 is 23.6 Å². The lowest BCUT2D eigenvalue weighted by molar-refractivity contribution is -0.137. The predicted molar refractivity (Wildman–Crippen MR) is 93.3 cm³/mol. The van der Waals surface area contributed by atoms with E-state index in [1.807, 2.05) is 13.8 Å². The van der Waals surface area contributed by atoms with Crippen LogP contribution in [0.2, 0.25) is 0 Å². The zero-order valence-corrected chi connectivity index (χ0v) is 15.4. The Morgan fingerprint density at radius 2 is 2.07 bits per heavy atom. The fraction of sp³-hybridized carbons (Fsp3) is 0.389. The number of hydrogen-bond donors (Lipinski definition) is 2. The van der Waals surface area contributed by atoms with Crippen molar-refractivity contribution in [1.82, 2.24) is 4.98 Å². The Kier molecular flexibility index (Phi) is 5.05. The summed E-state index contributed by atoms with van der Waals surface area (Å²) in [5, 5.41) is 4.68. The number of halogens is 3. The fourth-order valence-corrected chi connectivity index (χ4v) is 2.74. The van der Waals surface area contributed by atoms with E-state index in [0.29, 0.717) is 18.0 Å². The van der Waals surface area contributed by atoms with Gasteiger partial charge in [0.25, 0.3) is 11.8 Å². The molecule has 0 fully saturated rings. The molecule has 2 amide bonds. The van der Waals surface area contributed by atoms with Crippen LogP contribution in [-0.2, 0) is 17.4 Å². The highest BCUT2D eigenvalue weighted by Gasteiger charge is 2.34. The summed E-state index contributed by atoms with van der Waals surface area (Å²) < 4.78 is 50.2. The Morgan fingerprint density at radius 1 is 1.36 bits per heavy atom. The number of amides is 2. The lowest BCUT2D eigenvalue weighted by Gasteiger charge is -2.22. The van der Waals surface area contributed by atoms with Crippen LogP contribution in [0.25, 0.3) is 0 Å². The molecule has 0 aliphatic carbocycles. The molecule has 0 atom stereocenters. The largest absolute Gasteiger partial charge is 0.479 e. The third kappa shape index (κ3) is 4.10. The van der Waals surface area contributed by atoms with Crippen molar-refractivity contribution in [3.8, 4) is 5.75 Å². The van der Waals surface area contributed by atoms with Gasteiger partial charge in [-0.2, -0.15) is 13.2 Å². The SMILES string of the molecule is Cc1nc(CC(C)C)oc1C(=O)Nc1cc(C(F)(F)F)cc2c1OCC(=O)N2. The summed E-state index contributed by atoms with van der Waals surface area (Å²) >= 11 is 0. The van der Waals surface area contributed by atoms with Gasteiger partial charge in [0, 0.05) is 6.42 Å². The first kappa shape index (κ1) is 19.7. The van der Waals surface area contributed by atoms with E-state index in [1.54, 1.807) is 6.92 Å². The first-order chi connectivity index (χ1) is 13.0. The van der Waals surface area contributed by atoms with Crippen molar-refractivity contribution < 1.29 is 31.9 Å². The molecule has 2 N–H and O–H groups in total. The molecule has 0 bridgehead atoms. The number of carbonyl (C=O) groups excluding carboxylic acids is 2. The van der Waals surface area contributed by atoms with Gasteiger partial charge in [-0.25, -0.2) is 4.98 Å². The van der Waals surface area contributed by atoms with Gasteiger partial charge in [0.1, 0.15) is 0 Å². The second-order valence-corrected chi connectivity index (χ2v) is 6.81. The van der Waals surface area contributed by atoms with Gasteiger partial charge >= 0.3 is 6.18 Å². The molecule has 0 saturated heterocycles. The second kappa shape index (κ2) is 7.17. The van der Waals surface area contributed by atoms with E-state index in [4.69, 9.17) is 9.15 Å². The van der Waals surface area contributed by atoms with Crippen molar-refractivity contribution in [2.75, 3.05) is 17.2 Å². The Bertz CT molecular complexity index is 935. The number of nitrogens with one attached hydrogen (secondary N) is 2. The van der Waals surface area contributed by atoms with Crippen LogP contribution < -0.4 is 15.4 Å². The average molecular weight is 397 g/mol. The number of aromatic nitrogens is 1. The molecule has 0 unspecified atom stereocenters. The molecule has 1 aliphatic heterocycles. The second-order valence-electron chi connectivity index (χ2n) is 6.81. The molecule has 7 nitrogen and oxygen atoms in total. The average Bonchev–Trinajstić information content (AvgIpc) is 2.93.